The minimum Gasteiger partial charge on any atom is -0.322 e. The average molecular weight is 347 g/mol. The molecule has 1 heterocycles. The quantitative estimate of drug-likeness (QED) is 0.903. The van der Waals surface area contributed by atoms with Gasteiger partial charge in [0, 0.05) is 47.4 Å². The topological polar surface area (TPSA) is 32.3 Å². The fourth-order valence-electron chi connectivity index (χ4n) is 2.52. The smallest absolute Gasteiger partial charge is 0.255 e. The van der Waals surface area contributed by atoms with Crippen molar-refractivity contribution in [3.63, 3.8) is 0 Å². The second-order valence-corrected chi connectivity index (χ2v) is 7.21. The molecule has 2 aromatic rings. The Morgan fingerprint density at radius 2 is 1.70 bits per heavy atom. The van der Waals surface area contributed by atoms with E-state index < -0.39 is 0 Å². The summed E-state index contributed by atoms with van der Waals surface area (Å²) in [4.78, 5) is 14.6. The van der Waals surface area contributed by atoms with Gasteiger partial charge in [-0.25, -0.2) is 0 Å². The van der Waals surface area contributed by atoms with Crippen LogP contribution in [0.5, 0.6) is 0 Å². The molecule has 3 nitrogen and oxygen atoms in total. The Labute approximate surface area is 146 Å². The first-order chi connectivity index (χ1) is 11.2. The van der Waals surface area contributed by atoms with E-state index in [1.54, 1.807) is 24.3 Å². The van der Waals surface area contributed by atoms with E-state index in [9.17, 15) is 4.79 Å². The highest BCUT2D eigenvalue weighted by molar-refractivity contribution is 7.99. The van der Waals surface area contributed by atoms with E-state index in [4.69, 9.17) is 11.6 Å². The van der Waals surface area contributed by atoms with Crippen molar-refractivity contribution in [3.8, 4) is 0 Å². The van der Waals surface area contributed by atoms with Gasteiger partial charge in [-0.2, -0.15) is 11.8 Å². The SMILES string of the molecule is O=C(Nc1ccc(CN2CCSCC2)cc1)c1ccc(Cl)cc1. The normalized spacial score (nSPS) is 15.3. The molecule has 1 N–H and O–H groups in total. The number of carbonyl (C=O) groups is 1. The first-order valence-electron chi connectivity index (χ1n) is 7.67. The van der Waals surface area contributed by atoms with Crippen molar-refractivity contribution in [2.24, 2.45) is 0 Å². The van der Waals surface area contributed by atoms with Gasteiger partial charge in [0.05, 0.1) is 0 Å². The average Bonchev–Trinajstić information content (AvgIpc) is 2.58. The number of rotatable bonds is 4. The number of halogens is 1. The van der Waals surface area contributed by atoms with Crippen LogP contribution in [0.25, 0.3) is 0 Å². The van der Waals surface area contributed by atoms with Gasteiger partial charge in [-0.15, -0.1) is 0 Å². The molecular formula is C18H19ClN2OS. The van der Waals surface area contributed by atoms with Crippen LogP contribution in [-0.2, 0) is 6.54 Å². The molecule has 1 aliphatic heterocycles. The fraction of sp³-hybridized carbons (Fsp3) is 0.278. The van der Waals surface area contributed by atoms with Crippen molar-refractivity contribution in [2.75, 3.05) is 29.9 Å². The van der Waals surface area contributed by atoms with Crippen molar-refractivity contribution in [2.45, 2.75) is 6.54 Å². The lowest BCUT2D eigenvalue weighted by molar-refractivity contribution is 0.102. The van der Waals surface area contributed by atoms with Gasteiger partial charge in [0.25, 0.3) is 5.91 Å². The number of hydrogen-bond donors (Lipinski definition) is 1. The molecule has 1 saturated heterocycles. The molecule has 120 valence electrons. The molecular weight excluding hydrogens is 328 g/mol. The van der Waals surface area contributed by atoms with Crippen LogP contribution in [0.1, 0.15) is 15.9 Å². The number of amides is 1. The van der Waals surface area contributed by atoms with Gasteiger partial charge in [0.15, 0.2) is 0 Å². The predicted molar refractivity (Wildman–Crippen MR) is 98.4 cm³/mol. The Morgan fingerprint density at radius 3 is 2.35 bits per heavy atom. The first kappa shape index (κ1) is 16.4. The maximum atomic E-state index is 12.2. The van der Waals surface area contributed by atoms with Gasteiger partial charge < -0.3 is 5.32 Å². The number of anilines is 1. The van der Waals surface area contributed by atoms with E-state index in [1.807, 2.05) is 23.9 Å². The van der Waals surface area contributed by atoms with Crippen LogP contribution in [0.15, 0.2) is 48.5 Å². The van der Waals surface area contributed by atoms with Gasteiger partial charge in [-0.05, 0) is 42.0 Å². The third kappa shape index (κ3) is 4.74. The maximum Gasteiger partial charge on any atom is 0.255 e. The number of thioether (sulfide) groups is 1. The van der Waals surface area contributed by atoms with E-state index >= 15 is 0 Å². The van der Waals surface area contributed by atoms with Crippen LogP contribution in [0, 0.1) is 0 Å². The van der Waals surface area contributed by atoms with E-state index in [2.05, 4.69) is 22.3 Å². The summed E-state index contributed by atoms with van der Waals surface area (Å²) >= 11 is 7.86. The molecule has 0 spiro atoms. The first-order valence-corrected chi connectivity index (χ1v) is 9.20. The maximum absolute atomic E-state index is 12.2. The van der Waals surface area contributed by atoms with Crippen LogP contribution < -0.4 is 5.32 Å². The second-order valence-electron chi connectivity index (χ2n) is 5.55. The second kappa shape index (κ2) is 7.86. The summed E-state index contributed by atoms with van der Waals surface area (Å²) in [6.45, 7) is 3.28. The summed E-state index contributed by atoms with van der Waals surface area (Å²) in [6.07, 6.45) is 0. The minimum atomic E-state index is -0.123. The Hall–Kier alpha value is -1.49. The molecule has 0 unspecified atom stereocenters. The molecule has 2 aromatic carbocycles. The summed E-state index contributed by atoms with van der Waals surface area (Å²) in [5, 5.41) is 3.54. The molecule has 0 atom stereocenters. The third-order valence-corrected chi connectivity index (χ3v) is 5.02. The lowest BCUT2D eigenvalue weighted by atomic mass is 10.1. The molecule has 0 radical (unpaired) electrons. The number of benzene rings is 2. The molecule has 0 aromatic heterocycles. The zero-order valence-electron chi connectivity index (χ0n) is 12.8. The van der Waals surface area contributed by atoms with Gasteiger partial charge >= 0.3 is 0 Å². The molecule has 5 heteroatoms. The molecule has 1 aliphatic rings. The Balaban J connectivity index is 1.58. The van der Waals surface area contributed by atoms with E-state index in [0.29, 0.717) is 10.6 Å². The van der Waals surface area contributed by atoms with Crippen molar-refractivity contribution in [1.82, 2.24) is 4.90 Å². The van der Waals surface area contributed by atoms with E-state index in [-0.39, 0.29) is 5.91 Å². The predicted octanol–water partition coefficient (Wildman–Crippen LogP) is 4.14. The van der Waals surface area contributed by atoms with E-state index in [0.717, 1.165) is 25.3 Å². The monoisotopic (exact) mass is 346 g/mol. The minimum absolute atomic E-state index is 0.123. The molecule has 1 fully saturated rings. The highest BCUT2D eigenvalue weighted by atomic mass is 35.5. The summed E-state index contributed by atoms with van der Waals surface area (Å²) in [5.41, 5.74) is 2.69. The summed E-state index contributed by atoms with van der Waals surface area (Å²) in [6, 6.07) is 15.0. The Morgan fingerprint density at radius 1 is 1.04 bits per heavy atom. The van der Waals surface area contributed by atoms with Crippen LogP contribution in [0.4, 0.5) is 5.69 Å². The number of hydrogen-bond acceptors (Lipinski definition) is 3. The molecule has 1 amide bonds. The standard InChI is InChI=1S/C18H19ClN2OS/c19-16-5-3-15(4-6-16)18(22)20-17-7-1-14(2-8-17)13-21-9-11-23-12-10-21/h1-8H,9-13H2,(H,20,22). The lowest BCUT2D eigenvalue weighted by Gasteiger charge is -2.26. The molecule has 0 bridgehead atoms. The van der Waals surface area contributed by atoms with Gasteiger partial charge in [0.1, 0.15) is 0 Å². The van der Waals surface area contributed by atoms with Crippen LogP contribution >= 0.6 is 23.4 Å². The van der Waals surface area contributed by atoms with Crippen LogP contribution in [-0.4, -0.2) is 35.4 Å². The number of nitrogens with zero attached hydrogens (tertiary/aromatic N) is 1. The summed E-state index contributed by atoms with van der Waals surface area (Å²) in [7, 11) is 0. The summed E-state index contributed by atoms with van der Waals surface area (Å²) < 4.78 is 0. The highest BCUT2D eigenvalue weighted by Gasteiger charge is 2.11. The summed E-state index contributed by atoms with van der Waals surface area (Å²) in [5.74, 6) is 2.31. The molecule has 23 heavy (non-hydrogen) atoms. The van der Waals surface area contributed by atoms with Crippen molar-refractivity contribution >= 4 is 35.0 Å². The largest absolute Gasteiger partial charge is 0.322 e. The molecule has 0 aliphatic carbocycles. The Bertz CT molecular complexity index is 652. The van der Waals surface area contributed by atoms with Crippen molar-refractivity contribution < 1.29 is 4.79 Å². The van der Waals surface area contributed by atoms with E-state index in [1.165, 1.54) is 17.1 Å². The zero-order valence-corrected chi connectivity index (χ0v) is 14.4. The van der Waals surface area contributed by atoms with Crippen LogP contribution in [0.2, 0.25) is 5.02 Å². The van der Waals surface area contributed by atoms with Gasteiger partial charge in [-0.1, -0.05) is 23.7 Å². The van der Waals surface area contributed by atoms with Crippen molar-refractivity contribution in [1.29, 1.82) is 0 Å². The number of nitrogens with one attached hydrogen (secondary N) is 1. The molecule has 3 rings (SSSR count). The zero-order chi connectivity index (χ0) is 16.1. The number of carbonyl (C=O) groups excluding carboxylic acids is 1. The van der Waals surface area contributed by atoms with Crippen LogP contribution in [0.3, 0.4) is 0 Å². The van der Waals surface area contributed by atoms with Crippen molar-refractivity contribution in [3.05, 3.63) is 64.7 Å². The lowest BCUT2D eigenvalue weighted by Crippen LogP contribution is -2.31. The Kier molecular flexibility index (Phi) is 5.60. The third-order valence-electron chi connectivity index (χ3n) is 3.83. The molecule has 0 saturated carbocycles. The highest BCUT2D eigenvalue weighted by Crippen LogP contribution is 2.16. The van der Waals surface area contributed by atoms with Gasteiger partial charge in [0.2, 0.25) is 0 Å². The van der Waals surface area contributed by atoms with Gasteiger partial charge in [-0.3, -0.25) is 9.69 Å². The fourth-order valence-corrected chi connectivity index (χ4v) is 3.62.